The molecule has 0 aromatic heterocycles. The number of hydrogen-bond donors (Lipinski definition) is 0. The molecule has 228 valence electrons. The summed E-state index contributed by atoms with van der Waals surface area (Å²) in [6, 6.07) is 60.2. The summed E-state index contributed by atoms with van der Waals surface area (Å²) in [6.07, 6.45) is 2.02. The van der Waals surface area contributed by atoms with Crippen molar-refractivity contribution < 1.29 is 14.8 Å². The van der Waals surface area contributed by atoms with Gasteiger partial charge in [-0.25, -0.2) is 0 Å². The third kappa shape index (κ3) is 10.7. The molecule has 0 heterocycles. The molecular weight excluding hydrogens is 784 g/mol. The Morgan fingerprint density at radius 2 is 0.756 bits per heavy atom. The van der Waals surface area contributed by atoms with Crippen LogP contribution < -0.4 is 21.2 Å². The van der Waals surface area contributed by atoms with E-state index in [9.17, 15) is 0 Å². The Morgan fingerprint density at radius 1 is 0.489 bits per heavy atom. The molecule has 0 amide bonds. The molecule has 0 fully saturated rings. The van der Waals surface area contributed by atoms with Crippen LogP contribution in [0.2, 0.25) is 0 Å². The molecule has 6 aromatic rings. The Labute approximate surface area is 294 Å². The van der Waals surface area contributed by atoms with Gasteiger partial charge < -0.3 is 0 Å². The molecule has 0 spiro atoms. The normalized spacial score (nSPS) is 10.4. The van der Waals surface area contributed by atoms with Gasteiger partial charge in [-0.15, -0.1) is 12.1 Å². The topological polar surface area (TPSA) is 0 Å². The van der Waals surface area contributed by atoms with E-state index >= 15 is 0 Å². The van der Waals surface area contributed by atoms with E-state index in [4.69, 9.17) is 0 Å². The molecule has 0 unspecified atom stereocenters. The van der Waals surface area contributed by atoms with Crippen molar-refractivity contribution >= 4 is 56.8 Å². The molecule has 0 bridgehead atoms. The standard InChI is InChI=1S/C34H31P2.C7H7.HI.Rh/c1-27-23-28(2)30(26-36(33-19-11-5-12-20-33)34-21-13-6-14-22-34)24-29(27)25-35(31-15-7-3-8-16-31)32-17-9-4-10-18-32;1-7-5-3-2-4-6-7;;/h3-23H,25-26H2,1-2H3;2-6H,1H2;1H;/q2*-1;;+3/p-1. The fraction of sp³-hybridized carbons (Fsp3) is 0.0976. The van der Waals surface area contributed by atoms with Crippen molar-refractivity contribution in [3.8, 4) is 0 Å². The van der Waals surface area contributed by atoms with Gasteiger partial charge >= 0.3 is 34.5 Å². The SMILES string of the molecule is Cc1cc(C)c(CP(c2ccccc2)c2ccccc2)[c-]c1CP(c1ccccc1)c1ccccc1.[CH2-]c1ccccc1.[Rh+2][I]. The van der Waals surface area contributed by atoms with Crippen molar-refractivity contribution in [2.75, 3.05) is 0 Å². The zero-order chi connectivity index (χ0) is 31.9. The van der Waals surface area contributed by atoms with Crippen LogP contribution >= 0.6 is 35.6 Å². The van der Waals surface area contributed by atoms with Gasteiger partial charge in [0.05, 0.1) is 0 Å². The van der Waals surface area contributed by atoms with Crippen LogP contribution in [0.25, 0.3) is 0 Å². The van der Waals surface area contributed by atoms with Crippen molar-refractivity contribution in [2.45, 2.75) is 26.2 Å². The Balaban J connectivity index is 0.000000447. The average molecular weight is 823 g/mol. The second-order valence-corrected chi connectivity index (χ2v) is 15.0. The maximum atomic E-state index is 3.95. The summed E-state index contributed by atoms with van der Waals surface area (Å²) >= 11 is 4.56. The fourth-order valence-corrected chi connectivity index (χ4v) is 9.84. The average Bonchev–Trinajstić information content (AvgIpc) is 3.10. The summed E-state index contributed by atoms with van der Waals surface area (Å²) in [7, 11) is -0.999. The van der Waals surface area contributed by atoms with E-state index < -0.39 is 15.8 Å². The molecule has 0 saturated carbocycles. The van der Waals surface area contributed by atoms with Gasteiger partial charge in [0.25, 0.3) is 0 Å². The first-order valence-electron chi connectivity index (χ1n) is 14.8. The van der Waals surface area contributed by atoms with Gasteiger partial charge in [0, 0.05) is 0 Å². The molecule has 0 radical (unpaired) electrons. The van der Waals surface area contributed by atoms with Crippen LogP contribution in [0.1, 0.15) is 27.8 Å². The zero-order valence-corrected chi connectivity index (χ0v) is 31.3. The molecule has 0 N–H and O–H groups in total. The number of rotatable bonds is 8. The molecular formula is C41H38IP2Rh. The van der Waals surface area contributed by atoms with E-state index in [1.165, 1.54) is 43.5 Å². The minimum atomic E-state index is -0.499. The Kier molecular flexibility index (Phi) is 15.0. The second-order valence-electron chi connectivity index (χ2n) is 10.6. The number of aryl methyl sites for hydroxylation is 2. The summed E-state index contributed by atoms with van der Waals surface area (Å²) in [4.78, 5) is 0. The van der Waals surface area contributed by atoms with Crippen LogP contribution in [0.4, 0.5) is 0 Å². The van der Waals surface area contributed by atoms with Gasteiger partial charge in [0.2, 0.25) is 0 Å². The zero-order valence-electron chi connectivity index (χ0n) is 25.7. The van der Waals surface area contributed by atoms with E-state index in [0.717, 1.165) is 17.9 Å². The quantitative estimate of drug-likeness (QED) is 0.0621. The maximum absolute atomic E-state index is 3.95. The third-order valence-corrected chi connectivity index (χ3v) is 12.4. The van der Waals surface area contributed by atoms with Gasteiger partial charge in [-0.1, -0.05) is 141 Å². The Hall–Kier alpha value is -2.60. The first kappa shape index (κ1) is 35.3. The molecule has 6 aromatic carbocycles. The molecule has 6 rings (SSSR count). The minimum absolute atomic E-state index is 0.499. The van der Waals surface area contributed by atoms with Crippen LogP contribution in [0.15, 0.2) is 158 Å². The molecule has 0 nitrogen and oxygen atoms in total. The van der Waals surface area contributed by atoms with E-state index in [0.29, 0.717) is 0 Å². The monoisotopic (exact) mass is 822 g/mol. The predicted molar refractivity (Wildman–Crippen MR) is 205 cm³/mol. The van der Waals surface area contributed by atoms with Crippen LogP contribution in [0, 0.1) is 26.8 Å². The molecule has 0 aliphatic heterocycles. The van der Waals surface area contributed by atoms with Crippen molar-refractivity contribution in [3.05, 3.63) is 199 Å². The van der Waals surface area contributed by atoms with Gasteiger partial charge in [0.15, 0.2) is 0 Å². The van der Waals surface area contributed by atoms with E-state index in [-0.39, 0.29) is 0 Å². The summed E-state index contributed by atoms with van der Waals surface area (Å²) < 4.78 is 0. The van der Waals surface area contributed by atoms with Gasteiger partial charge in [-0.2, -0.15) is 59.0 Å². The Morgan fingerprint density at radius 3 is 1.00 bits per heavy atom. The Bertz CT molecular complexity index is 1490. The van der Waals surface area contributed by atoms with Gasteiger partial charge in [0.1, 0.15) is 0 Å². The molecule has 0 atom stereocenters. The van der Waals surface area contributed by atoms with Crippen LogP contribution in [0.3, 0.4) is 0 Å². The summed E-state index contributed by atoms with van der Waals surface area (Å²) in [5, 5.41) is 5.68. The van der Waals surface area contributed by atoms with E-state index in [1.54, 1.807) is 0 Å². The summed E-state index contributed by atoms with van der Waals surface area (Å²) in [5.41, 5.74) is 6.47. The van der Waals surface area contributed by atoms with Gasteiger partial charge in [-0.3, -0.25) is 0 Å². The molecule has 45 heavy (non-hydrogen) atoms. The van der Waals surface area contributed by atoms with Crippen molar-refractivity contribution in [1.29, 1.82) is 0 Å². The third-order valence-electron chi connectivity index (χ3n) is 7.43. The number of halogens is 1. The van der Waals surface area contributed by atoms with Crippen molar-refractivity contribution in [1.82, 2.24) is 0 Å². The molecule has 0 aliphatic carbocycles. The van der Waals surface area contributed by atoms with E-state index in [1.807, 2.05) is 50.1 Å². The van der Waals surface area contributed by atoms with E-state index in [2.05, 4.69) is 169 Å². The first-order valence-corrected chi connectivity index (χ1v) is 22.8. The van der Waals surface area contributed by atoms with Crippen molar-refractivity contribution in [2.24, 2.45) is 0 Å². The van der Waals surface area contributed by atoms with Crippen molar-refractivity contribution in [3.63, 3.8) is 0 Å². The number of hydrogen-bond acceptors (Lipinski definition) is 0. The summed E-state index contributed by atoms with van der Waals surface area (Å²) in [5.74, 6) is 0. The van der Waals surface area contributed by atoms with Crippen LogP contribution in [0.5, 0.6) is 0 Å². The molecule has 0 aliphatic rings. The second kappa shape index (κ2) is 19.2. The molecule has 4 heteroatoms. The fourth-order valence-electron chi connectivity index (χ4n) is 5.10. The summed E-state index contributed by atoms with van der Waals surface area (Å²) in [6.45, 7) is 8.23. The van der Waals surface area contributed by atoms with Gasteiger partial charge in [-0.05, 0) is 49.4 Å². The first-order chi connectivity index (χ1) is 22.1. The number of benzene rings is 6. The predicted octanol–water partition coefficient (Wildman–Crippen LogP) is 10.1. The van der Waals surface area contributed by atoms with Crippen LogP contribution in [-0.2, 0) is 27.1 Å². The molecule has 0 saturated heterocycles. The van der Waals surface area contributed by atoms with Crippen LogP contribution in [-0.4, -0.2) is 0 Å².